The Hall–Kier alpha value is -0.0800. The van der Waals surface area contributed by atoms with E-state index in [1.807, 2.05) is 0 Å². The van der Waals surface area contributed by atoms with Crippen molar-refractivity contribution in [2.75, 3.05) is 26.2 Å². The number of rotatable bonds is 6. The van der Waals surface area contributed by atoms with E-state index in [2.05, 4.69) is 58.7 Å². The normalized spacial score (nSPS) is 23.2. The summed E-state index contributed by atoms with van der Waals surface area (Å²) in [5.74, 6) is 0.874. The standard InChI is InChI=1S/C18H38N2/c1-8-11-19-16(18(5,6)7)10-13-20-12-9-15(14-20)17(2,3)4/h15-16,19H,8-14H2,1-7H3. The fourth-order valence-corrected chi connectivity index (χ4v) is 3.21. The number of likely N-dealkylation sites (tertiary alicyclic amines) is 1. The molecule has 1 fully saturated rings. The number of hydrogen-bond acceptors (Lipinski definition) is 2. The van der Waals surface area contributed by atoms with E-state index < -0.39 is 0 Å². The summed E-state index contributed by atoms with van der Waals surface area (Å²) in [7, 11) is 0. The number of hydrogen-bond donors (Lipinski definition) is 1. The molecule has 2 atom stereocenters. The first-order chi connectivity index (χ1) is 9.14. The third-order valence-electron chi connectivity index (χ3n) is 4.92. The van der Waals surface area contributed by atoms with Crippen LogP contribution < -0.4 is 5.32 Å². The van der Waals surface area contributed by atoms with Gasteiger partial charge in [-0.2, -0.15) is 0 Å². The molecule has 20 heavy (non-hydrogen) atoms. The maximum Gasteiger partial charge on any atom is 0.0128 e. The summed E-state index contributed by atoms with van der Waals surface area (Å²) < 4.78 is 0. The number of nitrogens with one attached hydrogen (secondary N) is 1. The predicted octanol–water partition coefficient (Wildman–Crippen LogP) is 4.16. The molecule has 0 aromatic heterocycles. The van der Waals surface area contributed by atoms with E-state index in [4.69, 9.17) is 0 Å². The van der Waals surface area contributed by atoms with Gasteiger partial charge in [0.05, 0.1) is 0 Å². The van der Waals surface area contributed by atoms with Gasteiger partial charge < -0.3 is 10.2 Å². The van der Waals surface area contributed by atoms with Crippen LogP contribution in [0.4, 0.5) is 0 Å². The van der Waals surface area contributed by atoms with Gasteiger partial charge in [0.15, 0.2) is 0 Å². The Morgan fingerprint density at radius 2 is 1.80 bits per heavy atom. The average Bonchev–Trinajstić information content (AvgIpc) is 2.75. The van der Waals surface area contributed by atoms with Gasteiger partial charge in [-0.1, -0.05) is 48.5 Å². The fraction of sp³-hybridized carbons (Fsp3) is 1.00. The van der Waals surface area contributed by atoms with Gasteiger partial charge >= 0.3 is 0 Å². The van der Waals surface area contributed by atoms with Crippen LogP contribution in [0.2, 0.25) is 0 Å². The van der Waals surface area contributed by atoms with Gasteiger partial charge in [0.2, 0.25) is 0 Å². The molecule has 1 N–H and O–H groups in total. The highest BCUT2D eigenvalue weighted by molar-refractivity contribution is 4.86. The van der Waals surface area contributed by atoms with Gasteiger partial charge in [0.25, 0.3) is 0 Å². The first-order valence-corrected chi connectivity index (χ1v) is 8.60. The van der Waals surface area contributed by atoms with E-state index >= 15 is 0 Å². The molecule has 2 unspecified atom stereocenters. The zero-order valence-corrected chi connectivity index (χ0v) is 15.1. The van der Waals surface area contributed by atoms with E-state index in [0.717, 1.165) is 12.5 Å². The van der Waals surface area contributed by atoms with Crippen molar-refractivity contribution in [2.24, 2.45) is 16.7 Å². The maximum atomic E-state index is 3.75. The van der Waals surface area contributed by atoms with Gasteiger partial charge in [-0.15, -0.1) is 0 Å². The molecule has 0 amide bonds. The van der Waals surface area contributed by atoms with Crippen molar-refractivity contribution < 1.29 is 0 Å². The van der Waals surface area contributed by atoms with E-state index in [1.165, 1.54) is 38.9 Å². The minimum Gasteiger partial charge on any atom is -0.313 e. The second-order valence-electron chi connectivity index (χ2n) is 8.81. The molecular weight excluding hydrogens is 244 g/mol. The molecule has 0 aromatic rings. The van der Waals surface area contributed by atoms with Crippen LogP contribution in [0.3, 0.4) is 0 Å². The lowest BCUT2D eigenvalue weighted by atomic mass is 9.80. The Balaban J connectivity index is 2.41. The predicted molar refractivity (Wildman–Crippen MR) is 90.2 cm³/mol. The maximum absolute atomic E-state index is 3.75. The van der Waals surface area contributed by atoms with Crippen molar-refractivity contribution in [3.8, 4) is 0 Å². The lowest BCUT2D eigenvalue weighted by Crippen LogP contribution is -2.43. The van der Waals surface area contributed by atoms with Crippen LogP contribution in [0, 0.1) is 16.7 Å². The van der Waals surface area contributed by atoms with Crippen molar-refractivity contribution in [1.82, 2.24) is 10.2 Å². The van der Waals surface area contributed by atoms with E-state index in [9.17, 15) is 0 Å². The highest BCUT2D eigenvalue weighted by Crippen LogP contribution is 2.33. The molecule has 1 rings (SSSR count). The topological polar surface area (TPSA) is 15.3 Å². The van der Waals surface area contributed by atoms with Crippen LogP contribution in [-0.2, 0) is 0 Å². The van der Waals surface area contributed by atoms with Gasteiger partial charge in [-0.25, -0.2) is 0 Å². The SMILES string of the molecule is CCCNC(CCN1CCC(C(C)(C)C)C1)C(C)(C)C. The molecule has 1 aliphatic heterocycles. The zero-order chi connectivity index (χ0) is 15.4. The van der Waals surface area contributed by atoms with Crippen LogP contribution in [0.5, 0.6) is 0 Å². The molecular formula is C18H38N2. The molecule has 0 saturated carbocycles. The summed E-state index contributed by atoms with van der Waals surface area (Å²) in [4.78, 5) is 2.68. The molecule has 0 spiro atoms. The minimum absolute atomic E-state index is 0.359. The Kier molecular flexibility index (Phi) is 6.53. The molecule has 2 heteroatoms. The average molecular weight is 283 g/mol. The molecule has 0 radical (unpaired) electrons. The summed E-state index contributed by atoms with van der Waals surface area (Å²) in [6.07, 6.45) is 3.88. The smallest absolute Gasteiger partial charge is 0.0128 e. The van der Waals surface area contributed by atoms with Crippen LogP contribution in [0.1, 0.15) is 67.7 Å². The van der Waals surface area contributed by atoms with E-state index in [1.54, 1.807) is 0 Å². The molecule has 0 aromatic carbocycles. The summed E-state index contributed by atoms with van der Waals surface area (Å²) in [5.41, 5.74) is 0.830. The monoisotopic (exact) mass is 282 g/mol. The highest BCUT2D eigenvalue weighted by atomic mass is 15.1. The van der Waals surface area contributed by atoms with Gasteiger partial charge in [0.1, 0.15) is 0 Å². The van der Waals surface area contributed by atoms with Crippen molar-refractivity contribution in [3.63, 3.8) is 0 Å². The van der Waals surface area contributed by atoms with Crippen LogP contribution in [0.15, 0.2) is 0 Å². The second kappa shape index (κ2) is 7.26. The highest BCUT2D eigenvalue weighted by Gasteiger charge is 2.32. The van der Waals surface area contributed by atoms with E-state index in [0.29, 0.717) is 16.9 Å². The molecule has 1 heterocycles. The van der Waals surface area contributed by atoms with Crippen molar-refractivity contribution in [1.29, 1.82) is 0 Å². The third kappa shape index (κ3) is 5.73. The summed E-state index contributed by atoms with van der Waals surface area (Å²) in [6, 6.07) is 0.635. The number of nitrogens with zero attached hydrogens (tertiary/aromatic N) is 1. The summed E-state index contributed by atoms with van der Waals surface area (Å²) in [5, 5.41) is 3.75. The molecule has 120 valence electrons. The van der Waals surface area contributed by atoms with Gasteiger partial charge in [0, 0.05) is 12.6 Å². The van der Waals surface area contributed by atoms with E-state index in [-0.39, 0.29) is 0 Å². The first kappa shape index (κ1) is 18.0. The Morgan fingerprint density at radius 3 is 2.25 bits per heavy atom. The Morgan fingerprint density at radius 1 is 1.15 bits per heavy atom. The van der Waals surface area contributed by atoms with Crippen molar-refractivity contribution in [2.45, 2.75) is 73.8 Å². The fourth-order valence-electron chi connectivity index (χ4n) is 3.21. The molecule has 0 aliphatic carbocycles. The molecule has 1 saturated heterocycles. The van der Waals surface area contributed by atoms with Crippen LogP contribution >= 0.6 is 0 Å². The molecule has 2 nitrogen and oxygen atoms in total. The lowest BCUT2D eigenvalue weighted by Gasteiger charge is -2.33. The quantitative estimate of drug-likeness (QED) is 0.787. The summed E-state index contributed by atoms with van der Waals surface area (Å²) >= 11 is 0. The minimum atomic E-state index is 0.359. The molecule has 0 bridgehead atoms. The third-order valence-corrected chi connectivity index (χ3v) is 4.92. The summed E-state index contributed by atoms with van der Waals surface area (Å²) in [6.45, 7) is 21.5. The second-order valence-corrected chi connectivity index (χ2v) is 8.81. The largest absolute Gasteiger partial charge is 0.313 e. The Labute approximate surface area is 127 Å². The van der Waals surface area contributed by atoms with Crippen molar-refractivity contribution in [3.05, 3.63) is 0 Å². The van der Waals surface area contributed by atoms with Gasteiger partial charge in [-0.05, 0) is 55.6 Å². The zero-order valence-electron chi connectivity index (χ0n) is 15.1. The first-order valence-electron chi connectivity index (χ1n) is 8.60. The van der Waals surface area contributed by atoms with Gasteiger partial charge in [-0.3, -0.25) is 0 Å². The van der Waals surface area contributed by atoms with Crippen LogP contribution in [-0.4, -0.2) is 37.1 Å². The van der Waals surface area contributed by atoms with Crippen LogP contribution in [0.25, 0.3) is 0 Å². The Bertz CT molecular complexity index is 272. The lowest BCUT2D eigenvalue weighted by molar-refractivity contribution is 0.201. The molecule has 1 aliphatic rings. The van der Waals surface area contributed by atoms with Crippen molar-refractivity contribution >= 4 is 0 Å².